The van der Waals surface area contributed by atoms with Gasteiger partial charge in [-0.2, -0.15) is 0 Å². The van der Waals surface area contributed by atoms with Crippen molar-refractivity contribution in [3.63, 3.8) is 0 Å². The Bertz CT molecular complexity index is 1020. The van der Waals surface area contributed by atoms with Crippen molar-refractivity contribution in [3.05, 3.63) is 88.4 Å². The second-order valence-corrected chi connectivity index (χ2v) is 7.81. The van der Waals surface area contributed by atoms with Crippen LogP contribution < -0.4 is 4.90 Å². The van der Waals surface area contributed by atoms with Crippen molar-refractivity contribution in [3.8, 4) is 11.1 Å². The summed E-state index contributed by atoms with van der Waals surface area (Å²) in [5, 5.41) is 0.702. The molecule has 0 N–H and O–H groups in total. The molecule has 1 aliphatic rings. The van der Waals surface area contributed by atoms with Gasteiger partial charge in [0.2, 0.25) is 0 Å². The van der Waals surface area contributed by atoms with Crippen LogP contribution in [0.15, 0.2) is 60.7 Å². The highest BCUT2D eigenvalue weighted by molar-refractivity contribution is 6.30. The predicted octanol–water partition coefficient (Wildman–Crippen LogP) is 5.42. The average molecular weight is 427 g/mol. The molecule has 3 nitrogen and oxygen atoms in total. The van der Waals surface area contributed by atoms with Gasteiger partial charge in [-0.25, -0.2) is 8.78 Å². The fraction of sp³-hybridized carbons (Fsp3) is 0.208. The Labute approximate surface area is 179 Å². The van der Waals surface area contributed by atoms with Crippen molar-refractivity contribution in [1.82, 2.24) is 4.90 Å². The number of hydrogen-bond donors (Lipinski definition) is 0. The van der Waals surface area contributed by atoms with Crippen molar-refractivity contribution in [2.45, 2.75) is 6.54 Å². The summed E-state index contributed by atoms with van der Waals surface area (Å²) in [6.45, 7) is 3.14. The van der Waals surface area contributed by atoms with E-state index in [4.69, 9.17) is 11.6 Å². The zero-order chi connectivity index (χ0) is 21.1. The lowest BCUT2D eigenvalue weighted by molar-refractivity contribution is 0.112. The first-order chi connectivity index (χ1) is 14.5. The average Bonchev–Trinajstić information content (AvgIpc) is 2.75. The Morgan fingerprint density at radius 1 is 0.900 bits per heavy atom. The smallest absolute Gasteiger partial charge is 0.150 e. The number of carbonyl (C=O) groups is 1. The minimum absolute atomic E-state index is 0.00573. The fourth-order valence-electron chi connectivity index (χ4n) is 3.90. The molecule has 1 fully saturated rings. The van der Waals surface area contributed by atoms with Crippen molar-refractivity contribution in [1.29, 1.82) is 0 Å². The second kappa shape index (κ2) is 8.94. The van der Waals surface area contributed by atoms with E-state index in [0.717, 1.165) is 29.8 Å². The molecule has 0 aromatic heterocycles. The number of halogens is 3. The summed E-state index contributed by atoms with van der Waals surface area (Å²) in [6.07, 6.45) is 0.450. The first kappa shape index (κ1) is 20.5. The van der Waals surface area contributed by atoms with Crippen LogP contribution in [-0.2, 0) is 6.54 Å². The maximum Gasteiger partial charge on any atom is 0.150 e. The van der Waals surface area contributed by atoms with Crippen LogP contribution in [0.2, 0.25) is 5.02 Å². The molecule has 3 aromatic rings. The molecule has 30 heavy (non-hydrogen) atoms. The van der Waals surface area contributed by atoms with E-state index in [1.165, 1.54) is 5.56 Å². The van der Waals surface area contributed by atoms with E-state index in [2.05, 4.69) is 17.0 Å². The van der Waals surface area contributed by atoms with Gasteiger partial charge in [-0.1, -0.05) is 48.0 Å². The molecule has 0 aliphatic carbocycles. The zero-order valence-electron chi connectivity index (χ0n) is 16.3. The molecule has 4 rings (SSSR count). The van der Waals surface area contributed by atoms with Gasteiger partial charge in [-0.3, -0.25) is 9.69 Å². The van der Waals surface area contributed by atoms with Crippen LogP contribution in [0.25, 0.3) is 11.1 Å². The van der Waals surface area contributed by atoms with Gasteiger partial charge in [-0.05, 0) is 41.0 Å². The van der Waals surface area contributed by atoms with Gasteiger partial charge in [-0.15, -0.1) is 0 Å². The van der Waals surface area contributed by atoms with E-state index in [-0.39, 0.29) is 11.3 Å². The number of carbonyl (C=O) groups excluding carboxylic acids is 1. The van der Waals surface area contributed by atoms with Gasteiger partial charge < -0.3 is 4.90 Å². The van der Waals surface area contributed by atoms with Crippen LogP contribution in [0.1, 0.15) is 15.9 Å². The predicted molar refractivity (Wildman–Crippen MR) is 116 cm³/mol. The molecule has 3 aromatic carbocycles. The third-order valence-corrected chi connectivity index (χ3v) is 5.68. The standard InChI is InChI=1S/C24H21ClF2N2O/c25-20-7-5-18(6-8-20)21-4-2-1-3-19(21)15-28-9-11-29(12-10-28)24-22(26)13-17(16-30)14-23(24)27/h1-8,13-14,16H,9-12,15H2. The molecular formula is C24H21ClF2N2O. The van der Waals surface area contributed by atoms with Crippen molar-refractivity contribution >= 4 is 23.6 Å². The summed E-state index contributed by atoms with van der Waals surface area (Å²) in [5.41, 5.74) is 3.40. The summed E-state index contributed by atoms with van der Waals surface area (Å²) in [7, 11) is 0. The molecule has 6 heteroatoms. The minimum atomic E-state index is -0.696. The van der Waals surface area contributed by atoms with Gasteiger partial charge in [0, 0.05) is 43.3 Å². The Balaban J connectivity index is 1.46. The number of anilines is 1. The van der Waals surface area contributed by atoms with Gasteiger partial charge in [0.15, 0.2) is 0 Å². The van der Waals surface area contributed by atoms with Crippen molar-refractivity contribution in [2.75, 3.05) is 31.1 Å². The fourth-order valence-corrected chi connectivity index (χ4v) is 4.02. The molecule has 0 radical (unpaired) electrons. The molecule has 1 heterocycles. The highest BCUT2D eigenvalue weighted by Crippen LogP contribution is 2.28. The number of benzene rings is 3. The molecule has 0 spiro atoms. The van der Waals surface area contributed by atoms with Crippen molar-refractivity contribution < 1.29 is 13.6 Å². The lowest BCUT2D eigenvalue weighted by Gasteiger charge is -2.36. The van der Waals surface area contributed by atoms with Gasteiger partial charge in [0.25, 0.3) is 0 Å². The van der Waals surface area contributed by atoms with Gasteiger partial charge in [0.1, 0.15) is 23.6 Å². The maximum atomic E-state index is 14.3. The Hall–Kier alpha value is -2.76. The summed E-state index contributed by atoms with van der Waals surface area (Å²) in [6, 6.07) is 18.2. The van der Waals surface area contributed by atoms with Gasteiger partial charge >= 0.3 is 0 Å². The monoisotopic (exact) mass is 426 g/mol. The van der Waals surface area contributed by atoms with E-state index >= 15 is 0 Å². The normalized spacial score (nSPS) is 14.7. The number of rotatable bonds is 5. The summed E-state index contributed by atoms with van der Waals surface area (Å²) in [5.74, 6) is -1.39. The summed E-state index contributed by atoms with van der Waals surface area (Å²) >= 11 is 6.01. The lowest BCUT2D eigenvalue weighted by atomic mass is 9.99. The second-order valence-electron chi connectivity index (χ2n) is 7.38. The van der Waals surface area contributed by atoms with Crippen LogP contribution in [-0.4, -0.2) is 37.4 Å². The number of aldehydes is 1. The number of piperazine rings is 1. The van der Waals surface area contributed by atoms with Crippen LogP contribution >= 0.6 is 11.6 Å². The quantitative estimate of drug-likeness (QED) is 0.509. The Morgan fingerprint density at radius 2 is 1.53 bits per heavy atom. The third kappa shape index (κ3) is 4.37. The lowest BCUT2D eigenvalue weighted by Crippen LogP contribution is -2.46. The van der Waals surface area contributed by atoms with Crippen LogP contribution in [0, 0.1) is 11.6 Å². The SMILES string of the molecule is O=Cc1cc(F)c(N2CCN(Cc3ccccc3-c3ccc(Cl)cc3)CC2)c(F)c1. The van der Waals surface area contributed by atoms with E-state index in [1.807, 2.05) is 36.4 Å². The van der Waals surface area contributed by atoms with Crippen molar-refractivity contribution in [2.24, 2.45) is 0 Å². The molecule has 0 bridgehead atoms. The molecule has 0 atom stereocenters. The van der Waals surface area contributed by atoms with Crippen LogP contribution in [0.4, 0.5) is 14.5 Å². The Morgan fingerprint density at radius 3 is 2.17 bits per heavy atom. The first-order valence-electron chi connectivity index (χ1n) is 9.80. The summed E-state index contributed by atoms with van der Waals surface area (Å²) < 4.78 is 28.7. The highest BCUT2D eigenvalue weighted by atomic mass is 35.5. The zero-order valence-corrected chi connectivity index (χ0v) is 17.1. The largest absolute Gasteiger partial charge is 0.364 e. The van der Waals surface area contributed by atoms with E-state index in [9.17, 15) is 13.6 Å². The molecule has 1 aliphatic heterocycles. The summed E-state index contributed by atoms with van der Waals surface area (Å²) in [4.78, 5) is 14.8. The molecule has 1 saturated heterocycles. The highest BCUT2D eigenvalue weighted by Gasteiger charge is 2.23. The third-order valence-electron chi connectivity index (χ3n) is 5.43. The van der Waals surface area contributed by atoms with E-state index < -0.39 is 11.6 Å². The first-order valence-corrected chi connectivity index (χ1v) is 10.2. The van der Waals surface area contributed by atoms with E-state index in [0.29, 0.717) is 37.5 Å². The minimum Gasteiger partial charge on any atom is -0.364 e. The topological polar surface area (TPSA) is 23.6 Å². The number of hydrogen-bond acceptors (Lipinski definition) is 3. The number of nitrogens with zero attached hydrogens (tertiary/aromatic N) is 2. The molecular weight excluding hydrogens is 406 g/mol. The molecule has 0 amide bonds. The molecule has 154 valence electrons. The van der Waals surface area contributed by atoms with Crippen LogP contribution in [0.5, 0.6) is 0 Å². The van der Waals surface area contributed by atoms with E-state index in [1.54, 1.807) is 4.90 Å². The van der Waals surface area contributed by atoms with Crippen LogP contribution in [0.3, 0.4) is 0 Å². The maximum absolute atomic E-state index is 14.3. The Kier molecular flexibility index (Phi) is 6.11. The van der Waals surface area contributed by atoms with Gasteiger partial charge in [0.05, 0.1) is 0 Å². The molecule has 0 unspecified atom stereocenters. The molecule has 0 saturated carbocycles.